The number of halogens is 1. The third-order valence-electron chi connectivity index (χ3n) is 1.78. The summed E-state index contributed by atoms with van der Waals surface area (Å²) in [6.07, 6.45) is 2.12. The Morgan fingerprint density at radius 2 is 2.33 bits per heavy atom. The van der Waals surface area contributed by atoms with E-state index in [1.54, 1.807) is 12.1 Å². The zero-order valence-electron chi connectivity index (χ0n) is 8.24. The Morgan fingerprint density at radius 3 is 2.93 bits per heavy atom. The number of carboxylic acids is 1. The Bertz CT molecular complexity index is 385. The highest BCUT2D eigenvalue weighted by Gasteiger charge is 2.01. The molecule has 4 heteroatoms. The van der Waals surface area contributed by atoms with Gasteiger partial charge in [-0.25, -0.2) is 9.18 Å². The minimum atomic E-state index is -1.11. The number of carbonyl (C=O) groups is 1. The van der Waals surface area contributed by atoms with Crippen LogP contribution < -0.4 is 0 Å². The maximum absolute atomic E-state index is 13.2. The average molecular weight is 210 g/mol. The molecule has 0 aliphatic rings. The van der Waals surface area contributed by atoms with E-state index in [1.807, 2.05) is 0 Å². The van der Waals surface area contributed by atoms with E-state index < -0.39 is 11.8 Å². The van der Waals surface area contributed by atoms with Gasteiger partial charge >= 0.3 is 5.97 Å². The summed E-state index contributed by atoms with van der Waals surface area (Å²) in [7, 11) is 1.54. The molecule has 1 rings (SSSR count). The summed E-state index contributed by atoms with van der Waals surface area (Å²) in [4.78, 5) is 10.3. The van der Waals surface area contributed by atoms with Crippen molar-refractivity contribution in [3.63, 3.8) is 0 Å². The molecule has 1 aromatic carbocycles. The molecule has 0 amide bonds. The molecule has 0 heterocycles. The van der Waals surface area contributed by atoms with Gasteiger partial charge in [0.25, 0.3) is 0 Å². The van der Waals surface area contributed by atoms with Crippen LogP contribution >= 0.6 is 0 Å². The molecular formula is C11H11FO3. The van der Waals surface area contributed by atoms with Crippen molar-refractivity contribution in [1.82, 2.24) is 0 Å². The molecule has 0 aromatic heterocycles. The van der Waals surface area contributed by atoms with Crippen LogP contribution in [0.3, 0.4) is 0 Å². The predicted molar refractivity (Wildman–Crippen MR) is 53.8 cm³/mol. The fraction of sp³-hybridized carbons (Fsp3) is 0.182. The highest BCUT2D eigenvalue weighted by atomic mass is 19.1. The summed E-state index contributed by atoms with van der Waals surface area (Å²) in [6, 6.07) is 4.44. The highest BCUT2D eigenvalue weighted by Crippen LogP contribution is 2.13. The van der Waals surface area contributed by atoms with Crippen molar-refractivity contribution in [2.75, 3.05) is 7.11 Å². The first-order valence-electron chi connectivity index (χ1n) is 4.32. The van der Waals surface area contributed by atoms with Crippen molar-refractivity contribution in [1.29, 1.82) is 0 Å². The molecule has 15 heavy (non-hydrogen) atoms. The lowest BCUT2D eigenvalue weighted by atomic mass is 10.1. The summed E-state index contributed by atoms with van der Waals surface area (Å²) in [6.45, 7) is 0.369. The van der Waals surface area contributed by atoms with Crippen molar-refractivity contribution < 1.29 is 19.0 Å². The zero-order valence-corrected chi connectivity index (χ0v) is 8.24. The molecule has 0 aliphatic heterocycles. The first kappa shape index (κ1) is 11.4. The van der Waals surface area contributed by atoms with Crippen LogP contribution in [-0.2, 0) is 16.1 Å². The largest absolute Gasteiger partial charge is 0.478 e. The summed E-state index contributed by atoms with van der Waals surface area (Å²) in [5, 5.41) is 8.40. The molecule has 0 unspecified atom stereocenters. The second kappa shape index (κ2) is 5.26. The van der Waals surface area contributed by atoms with Gasteiger partial charge in [0.1, 0.15) is 5.82 Å². The number of benzene rings is 1. The fourth-order valence-corrected chi connectivity index (χ4v) is 1.14. The van der Waals surface area contributed by atoms with Crippen molar-refractivity contribution in [3.05, 3.63) is 41.2 Å². The molecule has 0 aliphatic carbocycles. The molecule has 0 spiro atoms. The zero-order chi connectivity index (χ0) is 11.3. The predicted octanol–water partition coefficient (Wildman–Crippen LogP) is 2.07. The Morgan fingerprint density at radius 1 is 1.60 bits per heavy atom. The van der Waals surface area contributed by atoms with Crippen molar-refractivity contribution in [2.24, 2.45) is 0 Å². The molecule has 0 fully saturated rings. The van der Waals surface area contributed by atoms with E-state index in [-0.39, 0.29) is 5.56 Å². The maximum Gasteiger partial charge on any atom is 0.328 e. The topological polar surface area (TPSA) is 46.5 Å². The Hall–Kier alpha value is -1.68. The van der Waals surface area contributed by atoms with E-state index in [0.717, 1.165) is 11.6 Å². The smallest absolute Gasteiger partial charge is 0.328 e. The Balaban J connectivity index is 2.94. The second-order valence-electron chi connectivity index (χ2n) is 2.96. The lowest BCUT2D eigenvalue weighted by Gasteiger charge is -2.02. The summed E-state index contributed by atoms with van der Waals surface area (Å²) >= 11 is 0. The van der Waals surface area contributed by atoms with Gasteiger partial charge in [0.2, 0.25) is 0 Å². The minimum absolute atomic E-state index is 0.243. The molecule has 80 valence electrons. The molecule has 0 atom stereocenters. The van der Waals surface area contributed by atoms with E-state index in [0.29, 0.717) is 6.61 Å². The van der Waals surface area contributed by atoms with E-state index in [2.05, 4.69) is 0 Å². The standard InChI is InChI=1S/C11H11FO3/c1-15-7-8-2-4-10(12)9(6-8)3-5-11(13)14/h2-6H,7H2,1H3,(H,13,14). The van der Waals surface area contributed by atoms with Gasteiger partial charge in [-0.1, -0.05) is 6.07 Å². The van der Waals surface area contributed by atoms with Gasteiger partial charge < -0.3 is 9.84 Å². The third-order valence-corrected chi connectivity index (χ3v) is 1.78. The van der Waals surface area contributed by atoms with Gasteiger partial charge in [-0.3, -0.25) is 0 Å². The summed E-state index contributed by atoms with van der Waals surface area (Å²) in [5.41, 5.74) is 1.04. The molecule has 0 saturated heterocycles. The van der Waals surface area contributed by atoms with E-state index in [1.165, 1.54) is 19.3 Å². The van der Waals surface area contributed by atoms with E-state index in [4.69, 9.17) is 9.84 Å². The maximum atomic E-state index is 13.2. The number of aliphatic carboxylic acids is 1. The lowest BCUT2D eigenvalue weighted by Crippen LogP contribution is -1.92. The molecule has 1 N–H and O–H groups in total. The van der Waals surface area contributed by atoms with Crippen LogP contribution in [-0.4, -0.2) is 18.2 Å². The Labute approximate surface area is 86.8 Å². The summed E-state index contributed by atoms with van der Waals surface area (Å²) in [5.74, 6) is -1.56. The van der Waals surface area contributed by atoms with Crippen molar-refractivity contribution in [2.45, 2.75) is 6.61 Å². The first-order valence-corrected chi connectivity index (χ1v) is 4.32. The van der Waals surface area contributed by atoms with Gasteiger partial charge in [0, 0.05) is 18.7 Å². The number of ether oxygens (including phenoxy) is 1. The molecule has 1 aromatic rings. The summed E-state index contributed by atoms with van der Waals surface area (Å²) < 4.78 is 18.1. The number of hydrogen-bond donors (Lipinski definition) is 1. The van der Waals surface area contributed by atoms with E-state index >= 15 is 0 Å². The second-order valence-corrected chi connectivity index (χ2v) is 2.96. The fourth-order valence-electron chi connectivity index (χ4n) is 1.14. The van der Waals surface area contributed by atoms with Crippen LogP contribution in [0.1, 0.15) is 11.1 Å². The molecular weight excluding hydrogens is 199 g/mol. The Kier molecular flexibility index (Phi) is 4.00. The normalized spacial score (nSPS) is 10.8. The van der Waals surface area contributed by atoms with Gasteiger partial charge in [-0.2, -0.15) is 0 Å². The minimum Gasteiger partial charge on any atom is -0.478 e. The van der Waals surface area contributed by atoms with Gasteiger partial charge in [0.05, 0.1) is 6.61 Å². The van der Waals surface area contributed by atoms with Crippen LogP contribution in [0.5, 0.6) is 0 Å². The monoisotopic (exact) mass is 210 g/mol. The van der Waals surface area contributed by atoms with Crippen molar-refractivity contribution >= 4 is 12.0 Å². The SMILES string of the molecule is COCc1ccc(F)c(C=CC(=O)O)c1. The van der Waals surface area contributed by atoms with Crippen LogP contribution in [0.2, 0.25) is 0 Å². The lowest BCUT2D eigenvalue weighted by molar-refractivity contribution is -0.131. The first-order chi connectivity index (χ1) is 7.13. The molecule has 0 bridgehead atoms. The molecule has 3 nitrogen and oxygen atoms in total. The number of methoxy groups -OCH3 is 1. The van der Waals surface area contributed by atoms with Crippen LogP contribution in [0, 0.1) is 5.82 Å². The number of carboxylic acid groups (broad SMARTS) is 1. The molecule has 0 radical (unpaired) electrons. The highest BCUT2D eigenvalue weighted by molar-refractivity contribution is 5.85. The van der Waals surface area contributed by atoms with Gasteiger partial charge in [-0.15, -0.1) is 0 Å². The van der Waals surface area contributed by atoms with E-state index in [9.17, 15) is 9.18 Å². The van der Waals surface area contributed by atoms with Crippen LogP contribution in [0.15, 0.2) is 24.3 Å². The average Bonchev–Trinajstić information content (AvgIpc) is 2.19. The van der Waals surface area contributed by atoms with Gasteiger partial charge in [-0.05, 0) is 23.8 Å². The van der Waals surface area contributed by atoms with Crippen LogP contribution in [0.25, 0.3) is 6.08 Å². The third kappa shape index (κ3) is 3.52. The number of rotatable bonds is 4. The van der Waals surface area contributed by atoms with Crippen molar-refractivity contribution in [3.8, 4) is 0 Å². The number of hydrogen-bond acceptors (Lipinski definition) is 2. The quantitative estimate of drug-likeness (QED) is 0.774. The van der Waals surface area contributed by atoms with Gasteiger partial charge in [0.15, 0.2) is 0 Å². The van der Waals surface area contributed by atoms with Crippen LogP contribution in [0.4, 0.5) is 4.39 Å². The molecule has 0 saturated carbocycles.